The van der Waals surface area contributed by atoms with Crippen LogP contribution in [0.25, 0.3) is 0 Å². The predicted molar refractivity (Wildman–Crippen MR) is 68.9 cm³/mol. The minimum Gasteiger partial charge on any atom is -0.481 e. The predicted octanol–water partition coefficient (Wildman–Crippen LogP) is 2.02. The Kier molecular flexibility index (Phi) is 5.62. The molecular weight excluding hydrogens is 228 g/mol. The summed E-state index contributed by atoms with van der Waals surface area (Å²) >= 11 is 0. The summed E-state index contributed by atoms with van der Waals surface area (Å²) in [5.41, 5.74) is 1.68. The van der Waals surface area contributed by atoms with Gasteiger partial charge in [-0.1, -0.05) is 18.2 Å². The van der Waals surface area contributed by atoms with Crippen molar-refractivity contribution in [1.82, 2.24) is 4.90 Å². The SMILES string of the molecule is C=CCN(CCC(=O)O)Cc1ccc(C#N)cc1. The molecule has 0 radical (unpaired) electrons. The van der Waals surface area contributed by atoms with Crippen LogP contribution in [0, 0.1) is 11.3 Å². The van der Waals surface area contributed by atoms with E-state index in [0.29, 0.717) is 25.2 Å². The van der Waals surface area contributed by atoms with E-state index in [-0.39, 0.29) is 6.42 Å². The van der Waals surface area contributed by atoms with Gasteiger partial charge in [0.25, 0.3) is 0 Å². The van der Waals surface area contributed by atoms with Gasteiger partial charge in [0.1, 0.15) is 0 Å². The third-order valence-electron chi connectivity index (χ3n) is 2.52. The second-order valence-electron chi connectivity index (χ2n) is 3.98. The van der Waals surface area contributed by atoms with Crippen LogP contribution < -0.4 is 0 Å². The van der Waals surface area contributed by atoms with E-state index < -0.39 is 5.97 Å². The fourth-order valence-electron chi connectivity index (χ4n) is 1.61. The van der Waals surface area contributed by atoms with E-state index in [9.17, 15) is 4.79 Å². The van der Waals surface area contributed by atoms with Crippen LogP contribution >= 0.6 is 0 Å². The van der Waals surface area contributed by atoms with E-state index in [1.807, 2.05) is 17.0 Å². The van der Waals surface area contributed by atoms with Crippen molar-refractivity contribution >= 4 is 5.97 Å². The highest BCUT2D eigenvalue weighted by Crippen LogP contribution is 2.07. The molecule has 0 atom stereocenters. The van der Waals surface area contributed by atoms with Crippen LogP contribution in [0.5, 0.6) is 0 Å². The topological polar surface area (TPSA) is 64.3 Å². The number of nitriles is 1. The van der Waals surface area contributed by atoms with Crippen molar-refractivity contribution in [2.24, 2.45) is 0 Å². The Morgan fingerprint density at radius 1 is 1.44 bits per heavy atom. The van der Waals surface area contributed by atoms with Gasteiger partial charge in [-0.05, 0) is 17.7 Å². The van der Waals surface area contributed by atoms with Crippen LogP contribution in [-0.4, -0.2) is 29.1 Å². The van der Waals surface area contributed by atoms with E-state index in [2.05, 4.69) is 12.6 Å². The number of carboxylic acids is 1. The molecule has 0 saturated carbocycles. The van der Waals surface area contributed by atoms with Gasteiger partial charge in [0.05, 0.1) is 18.1 Å². The summed E-state index contributed by atoms with van der Waals surface area (Å²) in [6.07, 6.45) is 1.87. The first-order valence-corrected chi connectivity index (χ1v) is 5.69. The summed E-state index contributed by atoms with van der Waals surface area (Å²) < 4.78 is 0. The molecule has 1 aromatic carbocycles. The highest BCUT2D eigenvalue weighted by molar-refractivity contribution is 5.66. The van der Waals surface area contributed by atoms with Gasteiger partial charge in [-0.15, -0.1) is 6.58 Å². The summed E-state index contributed by atoms with van der Waals surface area (Å²) in [7, 11) is 0. The van der Waals surface area contributed by atoms with Crippen molar-refractivity contribution in [3.05, 3.63) is 48.0 Å². The van der Waals surface area contributed by atoms with Gasteiger partial charge in [-0.3, -0.25) is 9.69 Å². The Hall–Kier alpha value is -2.12. The molecule has 1 rings (SSSR count). The van der Waals surface area contributed by atoms with Crippen molar-refractivity contribution in [1.29, 1.82) is 5.26 Å². The molecule has 0 amide bonds. The molecule has 0 unspecified atom stereocenters. The number of carboxylic acid groups (broad SMARTS) is 1. The minimum atomic E-state index is -0.802. The molecule has 94 valence electrons. The third-order valence-corrected chi connectivity index (χ3v) is 2.52. The highest BCUT2D eigenvalue weighted by atomic mass is 16.4. The lowest BCUT2D eigenvalue weighted by molar-refractivity contribution is -0.137. The first-order valence-electron chi connectivity index (χ1n) is 5.69. The fraction of sp³-hybridized carbons (Fsp3) is 0.286. The molecule has 0 heterocycles. The molecule has 4 heteroatoms. The zero-order chi connectivity index (χ0) is 13.4. The second kappa shape index (κ2) is 7.25. The molecule has 0 aliphatic heterocycles. The van der Waals surface area contributed by atoms with Gasteiger partial charge in [0.2, 0.25) is 0 Å². The van der Waals surface area contributed by atoms with Crippen LogP contribution in [0.4, 0.5) is 0 Å². The summed E-state index contributed by atoms with van der Waals surface area (Å²) in [5.74, 6) is -0.802. The molecule has 0 spiro atoms. The highest BCUT2D eigenvalue weighted by Gasteiger charge is 2.07. The van der Waals surface area contributed by atoms with Gasteiger partial charge in [0, 0.05) is 19.6 Å². The van der Waals surface area contributed by atoms with Crippen molar-refractivity contribution in [3.8, 4) is 6.07 Å². The average Bonchev–Trinajstić information content (AvgIpc) is 2.37. The maximum atomic E-state index is 10.6. The normalized spacial score (nSPS) is 10.0. The number of rotatable bonds is 7. The standard InChI is InChI=1S/C14H16N2O2/c1-2-8-16(9-7-14(17)18)11-13-5-3-12(10-15)4-6-13/h2-6H,1,7-9,11H2,(H,17,18). The minimum absolute atomic E-state index is 0.115. The van der Waals surface area contributed by atoms with Crippen molar-refractivity contribution in [2.75, 3.05) is 13.1 Å². The lowest BCUT2D eigenvalue weighted by atomic mass is 10.1. The lowest BCUT2D eigenvalue weighted by Crippen LogP contribution is -2.26. The molecule has 0 aromatic heterocycles. The maximum Gasteiger partial charge on any atom is 0.304 e. The van der Waals surface area contributed by atoms with Crippen molar-refractivity contribution < 1.29 is 9.90 Å². The summed E-state index contributed by atoms with van der Waals surface area (Å²) in [4.78, 5) is 12.6. The lowest BCUT2D eigenvalue weighted by Gasteiger charge is -2.19. The van der Waals surface area contributed by atoms with Gasteiger partial charge in [-0.2, -0.15) is 5.26 Å². The molecule has 0 fully saturated rings. The Balaban J connectivity index is 2.61. The van der Waals surface area contributed by atoms with E-state index >= 15 is 0 Å². The third kappa shape index (κ3) is 4.81. The molecule has 1 N–H and O–H groups in total. The zero-order valence-corrected chi connectivity index (χ0v) is 10.2. The van der Waals surface area contributed by atoms with E-state index in [0.717, 1.165) is 5.56 Å². The van der Waals surface area contributed by atoms with Crippen molar-refractivity contribution in [3.63, 3.8) is 0 Å². The van der Waals surface area contributed by atoms with Gasteiger partial charge >= 0.3 is 5.97 Å². The average molecular weight is 244 g/mol. The van der Waals surface area contributed by atoms with E-state index in [4.69, 9.17) is 10.4 Å². The van der Waals surface area contributed by atoms with E-state index in [1.165, 1.54) is 0 Å². The first kappa shape index (κ1) is 13.9. The number of hydrogen-bond donors (Lipinski definition) is 1. The molecular formula is C14H16N2O2. The first-order chi connectivity index (χ1) is 8.65. The number of aliphatic carboxylic acids is 1. The van der Waals surface area contributed by atoms with Crippen LogP contribution in [0.15, 0.2) is 36.9 Å². The Bertz CT molecular complexity index is 446. The van der Waals surface area contributed by atoms with Gasteiger partial charge < -0.3 is 5.11 Å². The van der Waals surface area contributed by atoms with Gasteiger partial charge in [-0.25, -0.2) is 0 Å². The second-order valence-corrected chi connectivity index (χ2v) is 3.98. The molecule has 0 bridgehead atoms. The quantitative estimate of drug-likeness (QED) is 0.745. The summed E-state index contributed by atoms with van der Waals surface area (Å²) in [6, 6.07) is 9.36. The zero-order valence-electron chi connectivity index (χ0n) is 10.2. The monoisotopic (exact) mass is 244 g/mol. The Labute approximate surface area is 107 Å². The largest absolute Gasteiger partial charge is 0.481 e. The fourth-order valence-corrected chi connectivity index (χ4v) is 1.61. The smallest absolute Gasteiger partial charge is 0.304 e. The maximum absolute atomic E-state index is 10.6. The van der Waals surface area contributed by atoms with Crippen LogP contribution in [0.1, 0.15) is 17.5 Å². The molecule has 1 aromatic rings. The molecule has 0 aliphatic carbocycles. The van der Waals surface area contributed by atoms with Crippen molar-refractivity contribution in [2.45, 2.75) is 13.0 Å². The number of benzene rings is 1. The molecule has 0 aliphatic rings. The molecule has 18 heavy (non-hydrogen) atoms. The number of nitrogens with zero attached hydrogens (tertiary/aromatic N) is 2. The van der Waals surface area contributed by atoms with Crippen LogP contribution in [-0.2, 0) is 11.3 Å². The Morgan fingerprint density at radius 3 is 2.61 bits per heavy atom. The summed E-state index contributed by atoms with van der Waals surface area (Å²) in [6.45, 7) is 5.46. The van der Waals surface area contributed by atoms with E-state index in [1.54, 1.807) is 18.2 Å². The number of hydrogen-bond acceptors (Lipinski definition) is 3. The molecule has 4 nitrogen and oxygen atoms in total. The van der Waals surface area contributed by atoms with Crippen LogP contribution in [0.2, 0.25) is 0 Å². The summed E-state index contributed by atoms with van der Waals surface area (Å²) in [5, 5.41) is 17.4. The molecule has 0 saturated heterocycles. The van der Waals surface area contributed by atoms with Crippen LogP contribution in [0.3, 0.4) is 0 Å². The number of carbonyl (C=O) groups is 1. The van der Waals surface area contributed by atoms with Gasteiger partial charge in [0.15, 0.2) is 0 Å². The Morgan fingerprint density at radius 2 is 2.11 bits per heavy atom.